The standard InChI is InChI=1S/C25H22N2O3.C20H13NO3.C10H19NO3/c28-27(29)18-9-10-22-20-6-2-3-7-21(20)23(24(22)16-18)15-17-5-1-4-8-25(17)30-19-11-13-26-14-12-19;22-20-8-4-1-5-13(20)11-18-16-7-3-2-6-15(16)17-10-9-14(21(23)24)12-19(17)18;1-10(2,3)14-9(13)11-6-4-8(12)5-7-11/h1-10,15-16,19,26H,11-14H2;1-12,22H;8,12H,4-7H2,1-3H3/b23-15+;;. The van der Waals surface area contributed by atoms with Gasteiger partial charge < -0.3 is 29.9 Å². The second kappa shape index (κ2) is 20.5. The quantitative estimate of drug-likeness (QED) is 0.107. The van der Waals surface area contributed by atoms with Crippen LogP contribution in [0.1, 0.15) is 79.8 Å². The highest BCUT2D eigenvalue weighted by molar-refractivity contribution is 6.08. The molecule has 0 aromatic heterocycles. The van der Waals surface area contributed by atoms with Crippen LogP contribution in [0.5, 0.6) is 11.5 Å². The van der Waals surface area contributed by atoms with Gasteiger partial charge in [0.2, 0.25) is 0 Å². The summed E-state index contributed by atoms with van der Waals surface area (Å²) < 4.78 is 11.6. The van der Waals surface area contributed by atoms with Crippen LogP contribution in [0.25, 0.3) is 45.6 Å². The first-order chi connectivity index (χ1) is 32.7. The molecule has 1 amide bonds. The number of para-hydroxylation sites is 2. The van der Waals surface area contributed by atoms with E-state index in [1.54, 1.807) is 41.3 Å². The van der Waals surface area contributed by atoms with Gasteiger partial charge in [0.25, 0.3) is 11.4 Å². The largest absolute Gasteiger partial charge is 0.507 e. The zero-order valence-electron chi connectivity index (χ0n) is 38.3. The number of rotatable bonds is 6. The summed E-state index contributed by atoms with van der Waals surface area (Å²) in [6, 6.07) is 41.1. The number of carbonyl (C=O) groups excluding carboxylic acids is 1. The van der Waals surface area contributed by atoms with Gasteiger partial charge in [-0.25, -0.2) is 4.79 Å². The summed E-state index contributed by atoms with van der Waals surface area (Å²) in [6.07, 6.45) is 6.94. The molecular formula is C55H54N4O9. The van der Waals surface area contributed by atoms with Crippen molar-refractivity contribution in [3.05, 3.63) is 187 Å². The van der Waals surface area contributed by atoms with Gasteiger partial charge in [-0.1, -0.05) is 84.9 Å². The van der Waals surface area contributed by atoms with Crippen LogP contribution < -0.4 is 10.1 Å². The van der Waals surface area contributed by atoms with E-state index in [0.717, 1.165) is 92.9 Å². The molecule has 0 unspecified atom stereocenters. The number of ether oxygens (including phenoxy) is 2. The second-order valence-electron chi connectivity index (χ2n) is 18.0. The van der Waals surface area contributed by atoms with Crippen molar-refractivity contribution >= 4 is 40.8 Å². The number of nitrogens with one attached hydrogen (secondary N) is 1. The number of piperidine rings is 2. The van der Waals surface area contributed by atoms with E-state index in [1.165, 1.54) is 6.07 Å². The molecule has 0 radical (unpaired) electrons. The van der Waals surface area contributed by atoms with E-state index in [-0.39, 0.29) is 45.3 Å². The molecule has 2 aliphatic heterocycles. The average molecular weight is 915 g/mol. The first kappa shape index (κ1) is 46.9. The van der Waals surface area contributed by atoms with Crippen LogP contribution in [0.4, 0.5) is 16.2 Å². The smallest absolute Gasteiger partial charge is 0.410 e. The van der Waals surface area contributed by atoms with E-state index < -0.39 is 5.60 Å². The minimum atomic E-state index is -0.437. The maximum Gasteiger partial charge on any atom is 0.410 e. The normalized spacial score (nSPS) is 16.3. The number of phenolic OH excluding ortho intramolecular Hbond substituents is 1. The molecule has 0 saturated carbocycles. The molecule has 2 heterocycles. The Morgan fingerprint density at radius 3 is 1.60 bits per heavy atom. The molecular weight excluding hydrogens is 861 g/mol. The lowest BCUT2D eigenvalue weighted by Crippen LogP contribution is -2.42. The van der Waals surface area contributed by atoms with Gasteiger partial charge in [0.15, 0.2) is 0 Å². The Morgan fingerprint density at radius 1 is 0.632 bits per heavy atom. The molecule has 10 rings (SSSR count). The van der Waals surface area contributed by atoms with Crippen LogP contribution in [0.15, 0.2) is 133 Å². The van der Waals surface area contributed by atoms with Gasteiger partial charge in [-0.2, -0.15) is 0 Å². The monoisotopic (exact) mass is 914 g/mol. The Balaban J connectivity index is 0.000000147. The van der Waals surface area contributed by atoms with Crippen LogP contribution in [0.2, 0.25) is 0 Å². The van der Waals surface area contributed by atoms with Crippen molar-refractivity contribution in [3.8, 4) is 33.8 Å². The van der Waals surface area contributed by atoms with Gasteiger partial charge in [0, 0.05) is 48.5 Å². The first-order valence-corrected chi connectivity index (χ1v) is 22.8. The van der Waals surface area contributed by atoms with Gasteiger partial charge in [-0.05, 0) is 152 Å². The topological polar surface area (TPSA) is 178 Å². The highest BCUT2D eigenvalue weighted by atomic mass is 16.6. The molecule has 3 N–H and O–H groups in total. The lowest BCUT2D eigenvalue weighted by molar-refractivity contribution is -0.385. The summed E-state index contributed by atoms with van der Waals surface area (Å²) in [6.45, 7) is 8.68. The zero-order chi connectivity index (χ0) is 48.0. The molecule has 2 aliphatic carbocycles. The molecule has 4 aliphatic rings. The molecule has 68 heavy (non-hydrogen) atoms. The molecule has 2 fully saturated rings. The molecule has 0 bridgehead atoms. The number of aliphatic hydroxyl groups is 1. The number of hydrogen-bond acceptors (Lipinski definition) is 10. The molecule has 2 saturated heterocycles. The third-order valence-electron chi connectivity index (χ3n) is 12.2. The number of benzene rings is 6. The summed E-state index contributed by atoms with van der Waals surface area (Å²) in [5.74, 6) is 1.04. The highest BCUT2D eigenvalue weighted by Crippen LogP contribution is 2.48. The van der Waals surface area contributed by atoms with Gasteiger partial charge in [0.05, 0.1) is 16.0 Å². The lowest BCUT2D eigenvalue weighted by atomic mass is 10.00. The Kier molecular flexibility index (Phi) is 14.1. The maximum absolute atomic E-state index is 11.5. The number of nitrogens with zero attached hydrogens (tertiary/aromatic N) is 3. The number of non-ortho nitro benzene ring substituents is 2. The third kappa shape index (κ3) is 10.8. The molecule has 6 aromatic rings. The number of aliphatic hydroxyl groups excluding tert-OH is 1. The average Bonchev–Trinajstić information content (AvgIpc) is 3.81. The van der Waals surface area contributed by atoms with Crippen LogP contribution in [0.3, 0.4) is 0 Å². The fraction of sp³-hybridized carbons (Fsp3) is 0.255. The van der Waals surface area contributed by atoms with Gasteiger partial charge in [0.1, 0.15) is 23.2 Å². The van der Waals surface area contributed by atoms with E-state index in [9.17, 15) is 35.2 Å². The number of nitro groups is 2. The molecule has 0 spiro atoms. The summed E-state index contributed by atoms with van der Waals surface area (Å²) in [5, 5.41) is 45.2. The van der Waals surface area contributed by atoms with Crippen molar-refractivity contribution in [2.24, 2.45) is 0 Å². The summed E-state index contributed by atoms with van der Waals surface area (Å²) in [5.41, 5.74) is 11.2. The van der Waals surface area contributed by atoms with E-state index in [2.05, 4.69) is 23.5 Å². The zero-order valence-corrected chi connectivity index (χ0v) is 38.3. The molecule has 0 atom stereocenters. The first-order valence-electron chi connectivity index (χ1n) is 22.8. The summed E-state index contributed by atoms with van der Waals surface area (Å²) in [7, 11) is 0. The second-order valence-corrected chi connectivity index (χ2v) is 18.0. The minimum absolute atomic E-state index is 0.0599. The Hall–Kier alpha value is -7.61. The summed E-state index contributed by atoms with van der Waals surface area (Å²) >= 11 is 0. The number of carbonyl (C=O) groups is 1. The van der Waals surface area contributed by atoms with Gasteiger partial charge >= 0.3 is 6.09 Å². The molecule has 13 heteroatoms. The number of hydrogen-bond donors (Lipinski definition) is 3. The van der Waals surface area contributed by atoms with Crippen molar-refractivity contribution < 1.29 is 34.3 Å². The molecule has 6 aromatic carbocycles. The Morgan fingerprint density at radius 2 is 1.09 bits per heavy atom. The van der Waals surface area contributed by atoms with Gasteiger partial charge in [-0.15, -0.1) is 0 Å². The number of phenols is 1. The Bertz CT molecular complexity index is 2910. The van der Waals surface area contributed by atoms with Crippen molar-refractivity contribution in [3.63, 3.8) is 0 Å². The number of nitro benzene ring substituents is 2. The number of amides is 1. The number of likely N-dealkylation sites (tertiary alicyclic amines) is 1. The van der Waals surface area contributed by atoms with Crippen molar-refractivity contribution in [2.45, 2.75) is 64.3 Å². The van der Waals surface area contributed by atoms with Crippen molar-refractivity contribution in [1.82, 2.24) is 10.2 Å². The highest BCUT2D eigenvalue weighted by Gasteiger charge is 2.28. The van der Waals surface area contributed by atoms with E-state index in [0.29, 0.717) is 31.5 Å². The lowest BCUT2D eigenvalue weighted by Gasteiger charge is -2.31. The minimum Gasteiger partial charge on any atom is -0.507 e. The third-order valence-corrected chi connectivity index (χ3v) is 12.2. The fourth-order valence-corrected chi connectivity index (χ4v) is 8.81. The predicted octanol–water partition coefficient (Wildman–Crippen LogP) is 11.5. The molecule has 13 nitrogen and oxygen atoms in total. The number of aromatic hydroxyl groups is 1. The number of fused-ring (bicyclic) bond motifs is 6. The van der Waals surface area contributed by atoms with E-state index in [1.807, 2.05) is 106 Å². The van der Waals surface area contributed by atoms with Crippen LogP contribution in [-0.4, -0.2) is 75.0 Å². The fourth-order valence-electron chi connectivity index (χ4n) is 8.81. The van der Waals surface area contributed by atoms with E-state index in [4.69, 9.17) is 9.47 Å². The molecule has 348 valence electrons. The van der Waals surface area contributed by atoms with Crippen LogP contribution >= 0.6 is 0 Å². The van der Waals surface area contributed by atoms with Crippen LogP contribution in [0, 0.1) is 20.2 Å². The Labute approximate surface area is 395 Å². The predicted molar refractivity (Wildman–Crippen MR) is 265 cm³/mol. The maximum atomic E-state index is 11.5. The summed E-state index contributed by atoms with van der Waals surface area (Å²) in [4.78, 5) is 35.0. The SMILES string of the molecule is CC(C)(C)OC(=O)N1CCC(O)CC1.O=[N+]([O-])c1ccc2c(c1)/C(=C/c1ccccc1OC1CCNCC1)c1ccccc1-2.O=[N+]([O-])c1ccc2c(c1)C(=Cc1ccccc1O)c1ccccc1-2. The van der Waals surface area contributed by atoms with E-state index >= 15 is 0 Å². The van der Waals surface area contributed by atoms with Crippen molar-refractivity contribution in [1.29, 1.82) is 0 Å². The van der Waals surface area contributed by atoms with Crippen LogP contribution in [-0.2, 0) is 4.74 Å². The van der Waals surface area contributed by atoms with Crippen molar-refractivity contribution in [2.75, 3.05) is 26.2 Å². The van der Waals surface area contributed by atoms with Gasteiger partial charge in [-0.3, -0.25) is 20.2 Å².